The SMILES string of the molecule is Cc1cc(C)c(NC(=O)CCn2cnc3sc4c(c3c2=O)CCCC4)c(Cl)c1. The maximum absolute atomic E-state index is 13.0. The molecule has 0 radical (unpaired) electrons. The monoisotopic (exact) mass is 415 g/mol. The average molecular weight is 416 g/mol. The lowest BCUT2D eigenvalue weighted by molar-refractivity contribution is -0.116. The predicted molar refractivity (Wildman–Crippen MR) is 115 cm³/mol. The Morgan fingerprint density at radius 3 is 2.86 bits per heavy atom. The molecule has 0 atom stereocenters. The molecule has 0 aliphatic heterocycles. The number of carbonyl (C=O) groups excluding carboxylic acids is 1. The highest BCUT2D eigenvalue weighted by molar-refractivity contribution is 7.18. The van der Waals surface area contributed by atoms with Crippen LogP contribution < -0.4 is 10.9 Å². The number of fused-ring (bicyclic) bond motifs is 3. The third-order valence-electron chi connectivity index (χ3n) is 5.22. The molecule has 1 amide bonds. The minimum atomic E-state index is -0.173. The number of halogens is 1. The molecular formula is C21H22ClN3O2S. The van der Waals surface area contributed by atoms with Crippen LogP contribution in [0, 0.1) is 13.8 Å². The summed E-state index contributed by atoms with van der Waals surface area (Å²) in [6, 6.07) is 3.80. The minimum Gasteiger partial charge on any atom is -0.324 e. The molecule has 2 heterocycles. The van der Waals surface area contributed by atoms with Crippen molar-refractivity contribution in [2.24, 2.45) is 0 Å². The van der Waals surface area contributed by atoms with E-state index in [1.807, 2.05) is 26.0 Å². The van der Waals surface area contributed by atoms with Crippen LogP contribution in [0.15, 0.2) is 23.3 Å². The third kappa shape index (κ3) is 3.59. The van der Waals surface area contributed by atoms with Gasteiger partial charge in [-0.2, -0.15) is 0 Å². The quantitative estimate of drug-likeness (QED) is 0.675. The van der Waals surface area contributed by atoms with E-state index in [-0.39, 0.29) is 17.9 Å². The topological polar surface area (TPSA) is 64.0 Å². The molecule has 4 rings (SSSR count). The first kappa shape index (κ1) is 19.2. The fourth-order valence-electron chi connectivity index (χ4n) is 3.84. The molecule has 7 heteroatoms. The molecule has 1 aliphatic carbocycles. The highest BCUT2D eigenvalue weighted by atomic mass is 35.5. The van der Waals surface area contributed by atoms with Gasteiger partial charge in [0.25, 0.3) is 5.56 Å². The summed E-state index contributed by atoms with van der Waals surface area (Å²) >= 11 is 7.90. The van der Waals surface area contributed by atoms with Crippen molar-refractivity contribution < 1.29 is 4.79 Å². The van der Waals surface area contributed by atoms with E-state index in [9.17, 15) is 9.59 Å². The molecule has 0 spiro atoms. The molecular weight excluding hydrogens is 394 g/mol. The summed E-state index contributed by atoms with van der Waals surface area (Å²) in [5.41, 5.74) is 3.73. The van der Waals surface area contributed by atoms with E-state index in [1.165, 1.54) is 16.9 Å². The van der Waals surface area contributed by atoms with Crippen molar-refractivity contribution in [2.45, 2.75) is 52.5 Å². The van der Waals surface area contributed by atoms with Gasteiger partial charge in [0.2, 0.25) is 5.91 Å². The van der Waals surface area contributed by atoms with Crippen molar-refractivity contribution in [2.75, 3.05) is 5.32 Å². The zero-order valence-electron chi connectivity index (χ0n) is 16.0. The minimum absolute atomic E-state index is 0.0400. The van der Waals surface area contributed by atoms with E-state index in [4.69, 9.17) is 11.6 Å². The van der Waals surface area contributed by atoms with Gasteiger partial charge in [0, 0.05) is 17.8 Å². The number of carbonyl (C=O) groups is 1. The molecule has 0 fully saturated rings. The molecule has 0 unspecified atom stereocenters. The van der Waals surface area contributed by atoms with E-state index >= 15 is 0 Å². The summed E-state index contributed by atoms with van der Waals surface area (Å²) in [5, 5.41) is 4.15. The number of nitrogens with zero attached hydrogens (tertiary/aromatic N) is 2. The Kier molecular flexibility index (Phi) is 5.25. The first-order valence-corrected chi connectivity index (χ1v) is 10.7. The summed E-state index contributed by atoms with van der Waals surface area (Å²) in [5.74, 6) is -0.173. The molecule has 1 N–H and O–H groups in total. The smallest absolute Gasteiger partial charge is 0.262 e. The lowest BCUT2D eigenvalue weighted by Crippen LogP contribution is -2.24. The Bertz CT molecular complexity index is 1110. The molecule has 5 nitrogen and oxygen atoms in total. The van der Waals surface area contributed by atoms with Crippen molar-refractivity contribution in [3.63, 3.8) is 0 Å². The van der Waals surface area contributed by atoms with Crippen LogP contribution in [-0.4, -0.2) is 15.5 Å². The summed E-state index contributed by atoms with van der Waals surface area (Å²) < 4.78 is 1.55. The fraction of sp³-hybridized carbons (Fsp3) is 0.381. The van der Waals surface area contributed by atoms with Gasteiger partial charge in [-0.1, -0.05) is 17.7 Å². The normalized spacial score (nSPS) is 13.5. The lowest BCUT2D eigenvalue weighted by atomic mass is 9.97. The zero-order valence-corrected chi connectivity index (χ0v) is 17.5. The number of nitrogens with one attached hydrogen (secondary N) is 1. The molecule has 0 saturated carbocycles. The van der Waals surface area contributed by atoms with Crippen molar-refractivity contribution in [3.05, 3.63) is 55.4 Å². The number of hydrogen-bond donors (Lipinski definition) is 1. The lowest BCUT2D eigenvalue weighted by Gasteiger charge is -2.12. The predicted octanol–water partition coefficient (Wildman–Crippen LogP) is 4.64. The van der Waals surface area contributed by atoms with Crippen LogP contribution in [0.2, 0.25) is 5.02 Å². The molecule has 28 heavy (non-hydrogen) atoms. The average Bonchev–Trinajstić information content (AvgIpc) is 3.03. The Hall–Kier alpha value is -2.18. The number of amides is 1. The third-order valence-corrected chi connectivity index (χ3v) is 6.72. The van der Waals surface area contributed by atoms with E-state index < -0.39 is 0 Å². The number of aryl methyl sites for hydroxylation is 5. The van der Waals surface area contributed by atoms with Gasteiger partial charge < -0.3 is 5.32 Å². The molecule has 1 aliphatic rings. The van der Waals surface area contributed by atoms with Crippen molar-refractivity contribution in [1.29, 1.82) is 0 Å². The summed E-state index contributed by atoms with van der Waals surface area (Å²) in [4.78, 5) is 32.0. The van der Waals surface area contributed by atoms with Crippen LogP contribution in [0.1, 0.15) is 40.8 Å². The molecule has 0 saturated heterocycles. The summed E-state index contributed by atoms with van der Waals surface area (Å²) in [7, 11) is 0. The van der Waals surface area contributed by atoms with Gasteiger partial charge in [-0.25, -0.2) is 4.98 Å². The van der Waals surface area contributed by atoms with Gasteiger partial charge in [0.15, 0.2) is 0 Å². The largest absolute Gasteiger partial charge is 0.324 e. The number of hydrogen-bond acceptors (Lipinski definition) is 4. The summed E-state index contributed by atoms with van der Waals surface area (Å²) in [6.07, 6.45) is 6.02. The Morgan fingerprint density at radius 1 is 1.29 bits per heavy atom. The van der Waals surface area contributed by atoms with Gasteiger partial charge in [0.1, 0.15) is 4.83 Å². The molecule has 0 bridgehead atoms. The number of anilines is 1. The zero-order chi connectivity index (χ0) is 19.8. The van der Waals surface area contributed by atoms with Gasteiger partial charge in [-0.3, -0.25) is 14.2 Å². The van der Waals surface area contributed by atoms with Gasteiger partial charge in [-0.15, -0.1) is 11.3 Å². The van der Waals surface area contributed by atoms with Gasteiger partial charge in [0.05, 0.1) is 22.4 Å². The number of thiophene rings is 1. The second-order valence-corrected chi connectivity index (χ2v) is 8.86. The van der Waals surface area contributed by atoms with E-state index in [1.54, 1.807) is 22.2 Å². The second-order valence-electron chi connectivity index (χ2n) is 7.37. The molecule has 2 aromatic heterocycles. The van der Waals surface area contributed by atoms with Crippen LogP contribution >= 0.6 is 22.9 Å². The number of rotatable bonds is 4. The van der Waals surface area contributed by atoms with Gasteiger partial charge in [-0.05, 0) is 62.3 Å². The van der Waals surface area contributed by atoms with Crippen molar-refractivity contribution in [1.82, 2.24) is 9.55 Å². The van der Waals surface area contributed by atoms with Crippen LogP contribution in [0.3, 0.4) is 0 Å². The Balaban J connectivity index is 1.52. The van der Waals surface area contributed by atoms with E-state index in [2.05, 4.69) is 10.3 Å². The van der Waals surface area contributed by atoms with Crippen LogP contribution in [-0.2, 0) is 24.2 Å². The maximum atomic E-state index is 13.0. The highest BCUT2D eigenvalue weighted by Gasteiger charge is 2.20. The number of benzene rings is 1. The highest BCUT2D eigenvalue weighted by Crippen LogP contribution is 2.33. The second kappa shape index (κ2) is 7.68. The first-order valence-electron chi connectivity index (χ1n) is 9.50. The van der Waals surface area contributed by atoms with Crippen LogP contribution in [0.25, 0.3) is 10.2 Å². The van der Waals surface area contributed by atoms with Crippen molar-refractivity contribution >= 4 is 44.7 Å². The standard InChI is InChI=1S/C21H22ClN3O2S/c1-12-9-13(2)19(15(22)10-12)24-17(26)7-8-25-11-23-20-18(21(25)27)14-5-3-4-6-16(14)28-20/h9-11H,3-8H2,1-2H3,(H,24,26). The molecule has 3 aromatic rings. The van der Waals surface area contributed by atoms with Crippen LogP contribution in [0.5, 0.6) is 0 Å². The van der Waals surface area contributed by atoms with Gasteiger partial charge >= 0.3 is 0 Å². The maximum Gasteiger partial charge on any atom is 0.262 e. The van der Waals surface area contributed by atoms with E-state index in [0.717, 1.165) is 40.6 Å². The van der Waals surface area contributed by atoms with Crippen LogP contribution in [0.4, 0.5) is 5.69 Å². The first-order chi connectivity index (χ1) is 13.4. The Labute approximate surface area is 172 Å². The molecule has 146 valence electrons. The fourth-order valence-corrected chi connectivity index (χ4v) is 5.43. The van der Waals surface area contributed by atoms with Crippen molar-refractivity contribution in [3.8, 4) is 0 Å². The number of aromatic nitrogens is 2. The van der Waals surface area contributed by atoms with E-state index in [0.29, 0.717) is 17.3 Å². The molecule has 1 aromatic carbocycles. The summed E-state index contributed by atoms with van der Waals surface area (Å²) in [6.45, 7) is 4.17. The Morgan fingerprint density at radius 2 is 2.07 bits per heavy atom.